The standard InChI is InChI=1S/C9H13NS2/c1-9(2,3)12-10-6-8-4-5-11-7-8/h4-7H,1-3H3. The summed E-state index contributed by atoms with van der Waals surface area (Å²) in [4.78, 5) is 0. The van der Waals surface area contributed by atoms with Gasteiger partial charge in [0.05, 0.1) is 0 Å². The number of hydrogen-bond donors (Lipinski definition) is 0. The summed E-state index contributed by atoms with van der Waals surface area (Å²) < 4.78 is 4.50. The normalized spacial score (nSPS) is 12.6. The van der Waals surface area contributed by atoms with Gasteiger partial charge in [0.25, 0.3) is 0 Å². The van der Waals surface area contributed by atoms with Gasteiger partial charge in [0, 0.05) is 16.5 Å². The van der Waals surface area contributed by atoms with E-state index in [0.29, 0.717) is 0 Å². The molecule has 3 heteroatoms. The van der Waals surface area contributed by atoms with Crippen LogP contribution >= 0.6 is 23.3 Å². The minimum Gasteiger partial charge on any atom is -0.223 e. The second-order valence-corrected chi connectivity index (χ2v) is 5.89. The molecule has 0 unspecified atom stereocenters. The van der Waals surface area contributed by atoms with Crippen molar-refractivity contribution < 1.29 is 0 Å². The van der Waals surface area contributed by atoms with Crippen LogP contribution < -0.4 is 0 Å². The highest BCUT2D eigenvalue weighted by Gasteiger charge is 2.08. The number of thiophene rings is 1. The van der Waals surface area contributed by atoms with Crippen LogP contribution in [0.2, 0.25) is 0 Å². The molecule has 0 saturated carbocycles. The van der Waals surface area contributed by atoms with E-state index in [1.807, 2.05) is 6.21 Å². The Kier molecular flexibility index (Phi) is 3.35. The van der Waals surface area contributed by atoms with Crippen molar-refractivity contribution >= 4 is 29.5 Å². The van der Waals surface area contributed by atoms with Gasteiger partial charge in [0.2, 0.25) is 0 Å². The fraction of sp³-hybridized carbons (Fsp3) is 0.444. The first-order valence-electron chi connectivity index (χ1n) is 3.82. The summed E-state index contributed by atoms with van der Waals surface area (Å²) in [5.74, 6) is 0. The minimum atomic E-state index is 0.215. The molecule has 1 nitrogen and oxygen atoms in total. The first-order valence-corrected chi connectivity index (χ1v) is 5.53. The molecule has 0 N–H and O–H groups in total. The van der Waals surface area contributed by atoms with Crippen LogP contribution in [0, 0.1) is 0 Å². The van der Waals surface area contributed by atoms with Gasteiger partial charge in [0.1, 0.15) is 0 Å². The van der Waals surface area contributed by atoms with Gasteiger partial charge in [-0.15, -0.1) is 0 Å². The van der Waals surface area contributed by atoms with Gasteiger partial charge in [0.15, 0.2) is 0 Å². The third kappa shape index (κ3) is 3.93. The average Bonchev–Trinajstić information content (AvgIpc) is 2.36. The molecule has 0 aliphatic heterocycles. The van der Waals surface area contributed by atoms with E-state index in [1.54, 1.807) is 23.3 Å². The van der Waals surface area contributed by atoms with Crippen LogP contribution in [0.15, 0.2) is 21.2 Å². The Hall–Kier alpha value is -0.280. The van der Waals surface area contributed by atoms with Gasteiger partial charge in [-0.2, -0.15) is 11.3 Å². The molecule has 0 bridgehead atoms. The molecular formula is C9H13NS2. The van der Waals surface area contributed by atoms with Gasteiger partial charge in [-0.25, -0.2) is 4.40 Å². The maximum Gasteiger partial charge on any atom is 0.0432 e. The lowest BCUT2D eigenvalue weighted by Crippen LogP contribution is -2.04. The third-order valence-electron chi connectivity index (χ3n) is 1.07. The van der Waals surface area contributed by atoms with E-state index >= 15 is 0 Å². The van der Waals surface area contributed by atoms with Crippen molar-refractivity contribution in [2.75, 3.05) is 0 Å². The maximum absolute atomic E-state index is 4.28. The zero-order chi connectivity index (χ0) is 9.03. The summed E-state index contributed by atoms with van der Waals surface area (Å²) in [5.41, 5.74) is 1.19. The highest BCUT2D eigenvalue weighted by Crippen LogP contribution is 2.23. The Balaban J connectivity index is 2.42. The molecule has 0 amide bonds. The average molecular weight is 199 g/mol. The van der Waals surface area contributed by atoms with Crippen LogP contribution in [-0.4, -0.2) is 11.0 Å². The smallest absolute Gasteiger partial charge is 0.0432 e. The topological polar surface area (TPSA) is 12.4 Å². The lowest BCUT2D eigenvalue weighted by atomic mass is 10.3. The third-order valence-corrected chi connectivity index (χ3v) is 2.53. The van der Waals surface area contributed by atoms with Crippen molar-refractivity contribution in [3.8, 4) is 0 Å². The Morgan fingerprint density at radius 3 is 2.75 bits per heavy atom. The summed E-state index contributed by atoms with van der Waals surface area (Å²) in [6.07, 6.45) is 1.91. The van der Waals surface area contributed by atoms with Crippen molar-refractivity contribution in [2.24, 2.45) is 4.40 Å². The SMILES string of the molecule is CC(C)(C)SN=Cc1ccsc1. The van der Waals surface area contributed by atoms with Crippen LogP contribution in [0.5, 0.6) is 0 Å². The van der Waals surface area contributed by atoms with Crippen molar-refractivity contribution in [1.82, 2.24) is 0 Å². The monoisotopic (exact) mass is 199 g/mol. The van der Waals surface area contributed by atoms with E-state index in [1.165, 1.54) is 5.56 Å². The Bertz CT molecular complexity index is 244. The molecule has 0 aliphatic carbocycles. The summed E-state index contributed by atoms with van der Waals surface area (Å²) in [6, 6.07) is 2.07. The molecule has 0 aliphatic rings. The van der Waals surface area contributed by atoms with Crippen LogP contribution in [-0.2, 0) is 0 Å². The molecule has 1 heterocycles. The van der Waals surface area contributed by atoms with E-state index in [0.717, 1.165) is 0 Å². The summed E-state index contributed by atoms with van der Waals surface area (Å²) >= 11 is 3.30. The van der Waals surface area contributed by atoms with E-state index in [-0.39, 0.29) is 4.75 Å². The number of nitrogens with zero attached hydrogens (tertiary/aromatic N) is 1. The molecule has 0 atom stereocenters. The zero-order valence-corrected chi connectivity index (χ0v) is 9.21. The van der Waals surface area contributed by atoms with E-state index in [2.05, 4.69) is 42.0 Å². The Labute approximate surface area is 82.1 Å². The summed E-state index contributed by atoms with van der Waals surface area (Å²) in [6.45, 7) is 6.47. The highest BCUT2D eigenvalue weighted by molar-refractivity contribution is 7.99. The molecule has 0 radical (unpaired) electrons. The molecule has 0 fully saturated rings. The van der Waals surface area contributed by atoms with Crippen LogP contribution in [0.25, 0.3) is 0 Å². The summed E-state index contributed by atoms with van der Waals surface area (Å²) in [5, 5.41) is 4.15. The predicted octanol–water partition coefficient (Wildman–Crippen LogP) is 3.61. The second kappa shape index (κ2) is 4.10. The second-order valence-electron chi connectivity index (χ2n) is 3.49. The van der Waals surface area contributed by atoms with Gasteiger partial charge in [-0.05, 0) is 49.5 Å². The van der Waals surface area contributed by atoms with E-state index in [4.69, 9.17) is 0 Å². The van der Waals surface area contributed by atoms with E-state index < -0.39 is 0 Å². The Morgan fingerprint density at radius 2 is 2.25 bits per heavy atom. The molecular weight excluding hydrogens is 186 g/mol. The molecule has 0 spiro atoms. The van der Waals surface area contributed by atoms with Crippen molar-refractivity contribution in [2.45, 2.75) is 25.5 Å². The lowest BCUT2D eigenvalue weighted by Gasteiger charge is -2.11. The molecule has 12 heavy (non-hydrogen) atoms. The van der Waals surface area contributed by atoms with Gasteiger partial charge in [-0.3, -0.25) is 0 Å². The first kappa shape index (κ1) is 9.81. The lowest BCUT2D eigenvalue weighted by molar-refractivity contribution is 0.804. The molecule has 1 aromatic rings. The first-order chi connectivity index (χ1) is 5.58. The van der Waals surface area contributed by atoms with Gasteiger partial charge < -0.3 is 0 Å². The van der Waals surface area contributed by atoms with Crippen LogP contribution in [0.3, 0.4) is 0 Å². The Morgan fingerprint density at radius 1 is 1.50 bits per heavy atom. The van der Waals surface area contributed by atoms with Crippen molar-refractivity contribution in [3.63, 3.8) is 0 Å². The predicted molar refractivity (Wildman–Crippen MR) is 59.3 cm³/mol. The zero-order valence-electron chi connectivity index (χ0n) is 7.57. The summed E-state index contributed by atoms with van der Waals surface area (Å²) in [7, 11) is 0. The fourth-order valence-corrected chi connectivity index (χ4v) is 1.70. The van der Waals surface area contributed by atoms with Crippen LogP contribution in [0.4, 0.5) is 0 Å². The van der Waals surface area contributed by atoms with Gasteiger partial charge >= 0.3 is 0 Å². The van der Waals surface area contributed by atoms with Crippen molar-refractivity contribution in [3.05, 3.63) is 22.4 Å². The number of rotatable bonds is 2. The number of hydrogen-bond acceptors (Lipinski definition) is 3. The quantitative estimate of drug-likeness (QED) is 0.523. The molecule has 66 valence electrons. The highest BCUT2D eigenvalue weighted by atomic mass is 32.2. The molecule has 0 aromatic carbocycles. The van der Waals surface area contributed by atoms with E-state index in [9.17, 15) is 0 Å². The minimum absolute atomic E-state index is 0.215. The largest absolute Gasteiger partial charge is 0.223 e. The molecule has 1 rings (SSSR count). The van der Waals surface area contributed by atoms with Gasteiger partial charge in [-0.1, -0.05) is 0 Å². The molecule has 0 saturated heterocycles. The maximum atomic E-state index is 4.28. The fourth-order valence-electron chi connectivity index (χ4n) is 0.594. The van der Waals surface area contributed by atoms with Crippen LogP contribution in [0.1, 0.15) is 26.3 Å². The van der Waals surface area contributed by atoms with Crippen molar-refractivity contribution in [1.29, 1.82) is 0 Å². The molecule has 1 aromatic heterocycles.